The first-order valence-electron chi connectivity index (χ1n) is 8.57. The molecule has 0 bridgehead atoms. The fourth-order valence-electron chi connectivity index (χ4n) is 2.72. The Morgan fingerprint density at radius 2 is 2.12 bits per heavy atom. The predicted molar refractivity (Wildman–Crippen MR) is 97.3 cm³/mol. The van der Waals surface area contributed by atoms with Gasteiger partial charge in [0.25, 0.3) is 0 Å². The molecule has 0 aliphatic carbocycles. The van der Waals surface area contributed by atoms with Crippen LogP contribution in [0.2, 0.25) is 0 Å². The molecule has 1 aromatic rings. The van der Waals surface area contributed by atoms with Gasteiger partial charge in [0.1, 0.15) is 0 Å². The highest BCUT2D eigenvalue weighted by atomic mass is 16.5. The molecular weight excluding hydrogens is 304 g/mol. The van der Waals surface area contributed by atoms with Crippen molar-refractivity contribution in [3.05, 3.63) is 29.8 Å². The van der Waals surface area contributed by atoms with E-state index in [0.717, 1.165) is 36.7 Å². The Kier molecular flexibility index (Phi) is 7.06. The molecule has 0 spiro atoms. The van der Waals surface area contributed by atoms with Gasteiger partial charge in [-0.3, -0.25) is 4.79 Å². The summed E-state index contributed by atoms with van der Waals surface area (Å²) in [6, 6.07) is 8.26. The van der Waals surface area contributed by atoms with E-state index in [-0.39, 0.29) is 11.9 Å². The molecule has 0 saturated carbocycles. The largest absolute Gasteiger partial charge is 0.383 e. The number of aliphatic imine (C=N–C) groups is 1. The predicted octanol–water partition coefficient (Wildman–Crippen LogP) is 1.90. The number of nitrogens with one attached hydrogen (secondary N) is 2. The first-order chi connectivity index (χ1) is 11.6. The molecule has 132 valence electrons. The monoisotopic (exact) mass is 332 g/mol. The third-order valence-corrected chi connectivity index (χ3v) is 3.89. The molecule has 1 unspecified atom stereocenters. The maximum atomic E-state index is 11.8. The number of amides is 1. The Hall–Kier alpha value is -2.08. The first kappa shape index (κ1) is 18.3. The second kappa shape index (κ2) is 9.27. The molecule has 1 aliphatic heterocycles. The number of anilines is 1. The molecule has 6 nitrogen and oxygen atoms in total. The Morgan fingerprint density at radius 3 is 2.71 bits per heavy atom. The highest BCUT2D eigenvalue weighted by Gasteiger charge is 2.21. The van der Waals surface area contributed by atoms with Crippen molar-refractivity contribution in [2.45, 2.75) is 39.3 Å². The van der Waals surface area contributed by atoms with Crippen LogP contribution in [0.3, 0.4) is 0 Å². The Bertz CT molecular complexity index is 557. The first-order valence-corrected chi connectivity index (χ1v) is 8.57. The van der Waals surface area contributed by atoms with E-state index in [4.69, 9.17) is 4.74 Å². The number of guanidine groups is 1. The minimum atomic E-state index is 0.191. The van der Waals surface area contributed by atoms with Gasteiger partial charge in [0.2, 0.25) is 5.91 Å². The van der Waals surface area contributed by atoms with Crippen molar-refractivity contribution in [1.82, 2.24) is 10.6 Å². The second-order valence-corrected chi connectivity index (χ2v) is 6.01. The smallest absolute Gasteiger partial charge is 0.227 e. The van der Waals surface area contributed by atoms with Gasteiger partial charge in [0.15, 0.2) is 5.96 Å². The molecule has 2 N–H and O–H groups in total. The number of carbonyl (C=O) groups is 1. The zero-order chi connectivity index (χ0) is 17.4. The lowest BCUT2D eigenvalue weighted by molar-refractivity contribution is -0.117. The maximum absolute atomic E-state index is 11.8. The highest BCUT2D eigenvalue weighted by Crippen LogP contribution is 2.21. The quantitative estimate of drug-likeness (QED) is 0.591. The average molecular weight is 332 g/mol. The van der Waals surface area contributed by atoms with Gasteiger partial charge in [-0.25, -0.2) is 4.99 Å². The average Bonchev–Trinajstić information content (AvgIpc) is 2.99. The molecule has 1 aliphatic rings. The summed E-state index contributed by atoms with van der Waals surface area (Å²) in [5.74, 6) is 0.993. The SMILES string of the molecule is CCNC(=NCc1ccc(N2CCCC2=O)cc1)NC(C)COC. The van der Waals surface area contributed by atoms with Crippen LogP contribution in [0.1, 0.15) is 32.3 Å². The van der Waals surface area contributed by atoms with Crippen LogP contribution < -0.4 is 15.5 Å². The van der Waals surface area contributed by atoms with Crippen LogP contribution in [0, 0.1) is 0 Å². The lowest BCUT2D eigenvalue weighted by Crippen LogP contribution is -2.43. The van der Waals surface area contributed by atoms with Gasteiger partial charge in [-0.15, -0.1) is 0 Å². The fraction of sp³-hybridized carbons (Fsp3) is 0.556. The zero-order valence-corrected chi connectivity index (χ0v) is 14.8. The van der Waals surface area contributed by atoms with Gasteiger partial charge < -0.3 is 20.3 Å². The number of methoxy groups -OCH3 is 1. The van der Waals surface area contributed by atoms with Crippen LogP contribution in [0.25, 0.3) is 0 Å². The van der Waals surface area contributed by atoms with Crippen molar-refractivity contribution in [2.24, 2.45) is 4.99 Å². The normalized spacial score (nSPS) is 16.4. The summed E-state index contributed by atoms with van der Waals surface area (Å²) in [5.41, 5.74) is 2.09. The van der Waals surface area contributed by atoms with Gasteiger partial charge in [0, 0.05) is 38.3 Å². The van der Waals surface area contributed by atoms with Crippen LogP contribution in [-0.2, 0) is 16.1 Å². The van der Waals surface area contributed by atoms with Crippen molar-refractivity contribution in [1.29, 1.82) is 0 Å². The van der Waals surface area contributed by atoms with Crippen LogP contribution in [0.15, 0.2) is 29.3 Å². The van der Waals surface area contributed by atoms with Gasteiger partial charge in [-0.05, 0) is 38.0 Å². The topological polar surface area (TPSA) is 66.0 Å². The summed E-state index contributed by atoms with van der Waals surface area (Å²) in [4.78, 5) is 18.2. The molecule has 1 heterocycles. The third-order valence-electron chi connectivity index (χ3n) is 3.89. The molecule has 6 heteroatoms. The number of rotatable bonds is 7. The van der Waals surface area contributed by atoms with Crippen LogP contribution >= 0.6 is 0 Å². The fourth-order valence-corrected chi connectivity index (χ4v) is 2.72. The van der Waals surface area contributed by atoms with E-state index in [1.54, 1.807) is 7.11 Å². The number of benzene rings is 1. The van der Waals surface area contributed by atoms with Crippen LogP contribution in [0.4, 0.5) is 5.69 Å². The number of hydrogen-bond donors (Lipinski definition) is 2. The summed E-state index contributed by atoms with van der Waals surface area (Å²) in [6.07, 6.45) is 1.60. The molecule has 0 aromatic heterocycles. The van der Waals surface area contributed by atoms with E-state index in [1.165, 1.54) is 0 Å². The summed E-state index contributed by atoms with van der Waals surface area (Å²) in [6.45, 7) is 6.94. The van der Waals surface area contributed by atoms with Gasteiger partial charge >= 0.3 is 0 Å². The van der Waals surface area contributed by atoms with Gasteiger partial charge in [-0.1, -0.05) is 12.1 Å². The highest BCUT2D eigenvalue weighted by molar-refractivity contribution is 5.95. The third kappa shape index (κ3) is 5.23. The molecule has 1 saturated heterocycles. The van der Waals surface area contributed by atoms with Crippen molar-refractivity contribution in [3.8, 4) is 0 Å². The minimum Gasteiger partial charge on any atom is -0.383 e. The molecular formula is C18H28N4O2. The molecule has 1 aromatic carbocycles. The van der Waals surface area contributed by atoms with Crippen molar-refractivity contribution < 1.29 is 9.53 Å². The summed E-state index contributed by atoms with van der Waals surface area (Å²) >= 11 is 0. The molecule has 24 heavy (non-hydrogen) atoms. The van der Waals surface area contributed by atoms with E-state index >= 15 is 0 Å². The number of ether oxygens (including phenoxy) is 1. The van der Waals surface area contributed by atoms with Crippen LogP contribution in [-0.4, -0.2) is 44.7 Å². The summed E-state index contributed by atoms with van der Waals surface area (Å²) in [5, 5.41) is 6.55. The second-order valence-electron chi connectivity index (χ2n) is 6.01. The molecule has 2 rings (SSSR count). The number of nitrogens with zero attached hydrogens (tertiary/aromatic N) is 2. The van der Waals surface area contributed by atoms with Gasteiger partial charge in [0.05, 0.1) is 13.2 Å². The van der Waals surface area contributed by atoms with E-state index in [9.17, 15) is 4.79 Å². The summed E-state index contributed by atoms with van der Waals surface area (Å²) < 4.78 is 5.14. The zero-order valence-electron chi connectivity index (χ0n) is 14.8. The number of hydrogen-bond acceptors (Lipinski definition) is 3. The molecule has 1 amide bonds. The van der Waals surface area contributed by atoms with E-state index in [0.29, 0.717) is 19.6 Å². The molecule has 0 radical (unpaired) electrons. The van der Waals surface area contributed by atoms with Crippen molar-refractivity contribution in [2.75, 3.05) is 31.7 Å². The molecule has 1 fully saturated rings. The standard InChI is InChI=1S/C18H28N4O2/c1-4-19-18(21-14(2)13-24-3)20-12-15-7-9-16(10-8-15)22-11-5-6-17(22)23/h7-10,14H,4-6,11-13H2,1-3H3,(H2,19,20,21). The van der Waals surface area contributed by atoms with Crippen molar-refractivity contribution >= 4 is 17.6 Å². The van der Waals surface area contributed by atoms with Crippen molar-refractivity contribution in [3.63, 3.8) is 0 Å². The van der Waals surface area contributed by atoms with Crippen LogP contribution in [0.5, 0.6) is 0 Å². The number of carbonyl (C=O) groups excluding carboxylic acids is 1. The van der Waals surface area contributed by atoms with E-state index < -0.39 is 0 Å². The van der Waals surface area contributed by atoms with E-state index in [2.05, 4.69) is 22.5 Å². The minimum absolute atomic E-state index is 0.191. The lowest BCUT2D eigenvalue weighted by Gasteiger charge is -2.17. The molecule has 1 atom stereocenters. The lowest BCUT2D eigenvalue weighted by atomic mass is 10.2. The Morgan fingerprint density at radius 1 is 1.38 bits per heavy atom. The Labute approximate surface area is 144 Å². The van der Waals surface area contributed by atoms with Gasteiger partial charge in [-0.2, -0.15) is 0 Å². The maximum Gasteiger partial charge on any atom is 0.227 e. The van der Waals surface area contributed by atoms with E-state index in [1.807, 2.05) is 36.1 Å². The summed E-state index contributed by atoms with van der Waals surface area (Å²) in [7, 11) is 1.69. The Balaban J connectivity index is 1.96.